The van der Waals surface area contributed by atoms with Crippen LogP contribution in [0.2, 0.25) is 5.28 Å². The molecule has 0 spiro atoms. The van der Waals surface area contributed by atoms with Gasteiger partial charge in [0, 0.05) is 6.07 Å². The molecule has 2 aromatic rings. The first kappa shape index (κ1) is 13.9. The zero-order valence-corrected chi connectivity index (χ0v) is 11.6. The summed E-state index contributed by atoms with van der Waals surface area (Å²) in [7, 11) is 1.50. The highest BCUT2D eigenvalue weighted by Gasteiger charge is 2.11. The second-order valence-corrected chi connectivity index (χ2v) is 4.25. The lowest BCUT2D eigenvalue weighted by molar-refractivity contribution is 0.407. The van der Waals surface area contributed by atoms with Crippen molar-refractivity contribution in [3.8, 4) is 23.4 Å². The van der Waals surface area contributed by atoms with Crippen molar-refractivity contribution in [2.45, 2.75) is 6.92 Å². The van der Waals surface area contributed by atoms with Gasteiger partial charge in [0.1, 0.15) is 17.2 Å². The molecule has 2 N–H and O–H groups in total. The van der Waals surface area contributed by atoms with Crippen LogP contribution in [0, 0.1) is 18.3 Å². The molecule has 1 heterocycles. The third-order valence-electron chi connectivity index (χ3n) is 2.53. The number of aromatic nitrogens is 2. The van der Waals surface area contributed by atoms with Crippen LogP contribution in [-0.2, 0) is 0 Å². The van der Waals surface area contributed by atoms with E-state index in [0.29, 0.717) is 22.8 Å². The molecule has 0 aliphatic heterocycles. The van der Waals surface area contributed by atoms with Crippen LogP contribution in [0.1, 0.15) is 11.3 Å². The van der Waals surface area contributed by atoms with Crippen LogP contribution in [0.4, 0.5) is 5.69 Å². The van der Waals surface area contributed by atoms with Gasteiger partial charge in [-0.15, -0.1) is 0 Å². The lowest BCUT2D eigenvalue weighted by Gasteiger charge is -2.10. The predicted molar refractivity (Wildman–Crippen MR) is 74.0 cm³/mol. The number of rotatable bonds is 3. The van der Waals surface area contributed by atoms with Crippen molar-refractivity contribution < 1.29 is 9.47 Å². The van der Waals surface area contributed by atoms with Crippen molar-refractivity contribution in [3.63, 3.8) is 0 Å². The van der Waals surface area contributed by atoms with E-state index in [9.17, 15) is 0 Å². The zero-order valence-electron chi connectivity index (χ0n) is 10.8. The van der Waals surface area contributed by atoms with E-state index in [1.165, 1.54) is 7.11 Å². The number of benzene rings is 1. The molecule has 0 saturated heterocycles. The molecule has 6 nitrogen and oxygen atoms in total. The smallest absolute Gasteiger partial charge is 0.247 e. The minimum atomic E-state index is 0.0371. The van der Waals surface area contributed by atoms with Crippen molar-refractivity contribution >= 4 is 17.3 Å². The van der Waals surface area contributed by atoms with Gasteiger partial charge in [-0.25, -0.2) is 4.98 Å². The summed E-state index contributed by atoms with van der Waals surface area (Å²) in [6.45, 7) is 1.70. The molecule has 2 rings (SSSR count). The Labute approximate surface area is 120 Å². The molecule has 0 saturated carbocycles. The number of halogens is 1. The first-order chi connectivity index (χ1) is 9.53. The molecular weight excluding hydrogens is 280 g/mol. The average Bonchev–Trinajstić information content (AvgIpc) is 2.43. The number of anilines is 1. The molecule has 0 atom stereocenters. The van der Waals surface area contributed by atoms with Gasteiger partial charge in [-0.3, -0.25) is 0 Å². The van der Waals surface area contributed by atoms with E-state index in [-0.39, 0.29) is 16.9 Å². The number of aryl methyl sites for hydroxylation is 1. The Hall–Kier alpha value is -2.52. The number of ether oxygens (including phenoxy) is 2. The maximum absolute atomic E-state index is 8.96. The summed E-state index contributed by atoms with van der Waals surface area (Å²) in [5.41, 5.74) is 7.04. The standard InChI is InChI=1S/C13H11ClN4O2/c1-7-11(16)12(18-13(14)17-7)20-10-4-8(6-15)3-9(5-10)19-2/h3-5H,16H2,1-2H3. The summed E-state index contributed by atoms with van der Waals surface area (Å²) in [5.74, 6) is 1.01. The van der Waals surface area contributed by atoms with Crippen LogP contribution in [0.5, 0.6) is 17.4 Å². The van der Waals surface area contributed by atoms with Gasteiger partial charge in [-0.1, -0.05) is 0 Å². The van der Waals surface area contributed by atoms with Gasteiger partial charge in [0.05, 0.1) is 24.4 Å². The second-order valence-electron chi connectivity index (χ2n) is 3.91. The lowest BCUT2D eigenvalue weighted by Crippen LogP contribution is -2.01. The number of methoxy groups -OCH3 is 1. The van der Waals surface area contributed by atoms with Crippen molar-refractivity contribution in [1.29, 1.82) is 5.26 Å². The molecule has 1 aromatic carbocycles. The van der Waals surface area contributed by atoms with Crippen molar-refractivity contribution in [1.82, 2.24) is 9.97 Å². The predicted octanol–water partition coefficient (Wildman–Crippen LogP) is 2.69. The largest absolute Gasteiger partial charge is 0.497 e. The Balaban J connectivity index is 2.42. The normalized spacial score (nSPS) is 9.90. The van der Waals surface area contributed by atoms with Crippen LogP contribution in [0.25, 0.3) is 0 Å². The lowest BCUT2D eigenvalue weighted by atomic mass is 10.2. The molecule has 102 valence electrons. The number of hydrogen-bond donors (Lipinski definition) is 1. The molecule has 0 bridgehead atoms. The minimum absolute atomic E-state index is 0.0371. The fourth-order valence-electron chi connectivity index (χ4n) is 1.52. The zero-order chi connectivity index (χ0) is 14.7. The van der Waals surface area contributed by atoms with Gasteiger partial charge < -0.3 is 15.2 Å². The molecule has 0 radical (unpaired) electrons. The van der Waals surface area contributed by atoms with Crippen molar-refractivity contribution in [2.24, 2.45) is 0 Å². The van der Waals surface area contributed by atoms with Crippen LogP contribution >= 0.6 is 11.6 Å². The molecule has 0 fully saturated rings. The van der Waals surface area contributed by atoms with Crippen molar-refractivity contribution in [3.05, 3.63) is 34.7 Å². The van der Waals surface area contributed by atoms with Crippen molar-refractivity contribution in [2.75, 3.05) is 12.8 Å². The van der Waals surface area contributed by atoms with Crippen LogP contribution in [0.3, 0.4) is 0 Å². The summed E-state index contributed by atoms with van der Waals surface area (Å²) in [5, 5.41) is 9.00. The number of nitriles is 1. The Morgan fingerprint density at radius 2 is 1.95 bits per heavy atom. The Morgan fingerprint density at radius 3 is 2.60 bits per heavy atom. The fraction of sp³-hybridized carbons (Fsp3) is 0.154. The summed E-state index contributed by atoms with van der Waals surface area (Å²) >= 11 is 5.77. The quantitative estimate of drug-likeness (QED) is 0.873. The van der Waals surface area contributed by atoms with Gasteiger partial charge in [-0.05, 0) is 30.7 Å². The fourth-order valence-corrected chi connectivity index (χ4v) is 1.73. The van der Waals surface area contributed by atoms with Gasteiger partial charge in [0.2, 0.25) is 11.2 Å². The van der Waals surface area contributed by atoms with Gasteiger partial charge >= 0.3 is 0 Å². The Kier molecular flexibility index (Phi) is 3.91. The maximum atomic E-state index is 8.96. The Bertz CT molecular complexity index is 698. The molecule has 20 heavy (non-hydrogen) atoms. The highest BCUT2D eigenvalue weighted by atomic mass is 35.5. The number of nitrogens with two attached hydrogens (primary N) is 1. The summed E-state index contributed by atoms with van der Waals surface area (Å²) < 4.78 is 10.7. The molecule has 0 unspecified atom stereocenters. The maximum Gasteiger partial charge on any atom is 0.247 e. The van der Waals surface area contributed by atoms with Crippen LogP contribution in [0.15, 0.2) is 18.2 Å². The highest BCUT2D eigenvalue weighted by molar-refractivity contribution is 6.28. The van der Waals surface area contributed by atoms with E-state index >= 15 is 0 Å². The number of nitrogens with zero attached hydrogens (tertiary/aromatic N) is 3. The molecule has 0 aliphatic carbocycles. The van der Waals surface area contributed by atoms with E-state index in [1.54, 1.807) is 25.1 Å². The van der Waals surface area contributed by atoms with Gasteiger partial charge in [-0.2, -0.15) is 10.2 Å². The first-order valence-corrected chi connectivity index (χ1v) is 5.98. The van der Waals surface area contributed by atoms with Gasteiger partial charge in [0.15, 0.2) is 0 Å². The molecule has 7 heteroatoms. The first-order valence-electron chi connectivity index (χ1n) is 5.60. The van der Waals surface area contributed by atoms with E-state index in [4.69, 9.17) is 32.1 Å². The molecule has 0 aliphatic rings. The SMILES string of the molecule is COc1cc(C#N)cc(Oc2nc(Cl)nc(C)c2N)c1. The average molecular weight is 291 g/mol. The van der Waals surface area contributed by atoms with E-state index < -0.39 is 0 Å². The highest BCUT2D eigenvalue weighted by Crippen LogP contribution is 2.30. The number of nitrogen functional groups attached to an aromatic ring is 1. The summed E-state index contributed by atoms with van der Waals surface area (Å²) in [6, 6.07) is 6.77. The van der Waals surface area contributed by atoms with Crippen LogP contribution in [-0.4, -0.2) is 17.1 Å². The second kappa shape index (κ2) is 5.63. The minimum Gasteiger partial charge on any atom is -0.497 e. The topological polar surface area (TPSA) is 94.0 Å². The third kappa shape index (κ3) is 2.90. The summed E-state index contributed by atoms with van der Waals surface area (Å²) in [4.78, 5) is 7.84. The van der Waals surface area contributed by atoms with E-state index in [1.807, 2.05) is 6.07 Å². The Morgan fingerprint density at radius 1 is 1.25 bits per heavy atom. The molecule has 0 amide bonds. The van der Waals surface area contributed by atoms with E-state index in [0.717, 1.165) is 0 Å². The van der Waals surface area contributed by atoms with Crippen LogP contribution < -0.4 is 15.2 Å². The van der Waals surface area contributed by atoms with E-state index in [2.05, 4.69) is 9.97 Å². The van der Waals surface area contributed by atoms with Gasteiger partial charge in [0.25, 0.3) is 0 Å². The summed E-state index contributed by atoms with van der Waals surface area (Å²) in [6.07, 6.45) is 0. The monoisotopic (exact) mass is 290 g/mol. The molecular formula is C13H11ClN4O2. The number of hydrogen-bond acceptors (Lipinski definition) is 6. The third-order valence-corrected chi connectivity index (χ3v) is 2.70. The molecule has 1 aromatic heterocycles.